The molecule has 1 atom stereocenters. The Morgan fingerprint density at radius 1 is 0.304 bits per heavy atom. The molecular formula is C54H50NaP. The molecule has 0 nitrogen and oxygen atoms in total. The van der Waals surface area contributed by atoms with E-state index in [-0.39, 0.29) is 51.7 Å². The van der Waals surface area contributed by atoms with E-state index in [2.05, 4.69) is 211 Å². The third-order valence-electron chi connectivity index (χ3n) is 11.4. The van der Waals surface area contributed by atoms with Gasteiger partial charge in [0, 0.05) is 0 Å². The number of rotatable bonds is 4. The van der Waals surface area contributed by atoms with Gasteiger partial charge >= 0.3 is 29.6 Å². The Morgan fingerprint density at radius 2 is 0.607 bits per heavy atom. The molecule has 0 fully saturated rings. The quantitative estimate of drug-likeness (QED) is 0.0953. The number of benzene rings is 9. The van der Waals surface area contributed by atoms with Crippen LogP contribution in [0.1, 0.15) is 54.1 Å². The second kappa shape index (κ2) is 15.4. The molecule has 0 radical (unpaired) electrons. The van der Waals surface area contributed by atoms with Gasteiger partial charge in [-0.3, -0.25) is 0 Å². The van der Waals surface area contributed by atoms with Crippen LogP contribution in [-0.4, -0.2) is 0 Å². The summed E-state index contributed by atoms with van der Waals surface area (Å²) in [5.74, 6) is 0. The monoisotopic (exact) mass is 754 g/mol. The van der Waals surface area contributed by atoms with Crippen LogP contribution in [0.15, 0.2) is 170 Å². The van der Waals surface area contributed by atoms with E-state index >= 15 is 0 Å². The molecule has 0 amide bonds. The molecule has 0 heterocycles. The van der Waals surface area contributed by atoms with Crippen LogP contribution in [-0.2, 0) is 10.8 Å². The third-order valence-corrected chi connectivity index (χ3v) is 11.4. The predicted molar refractivity (Wildman–Crippen MR) is 248 cm³/mol. The molecule has 9 aromatic carbocycles. The molecular weight excluding hydrogens is 703 g/mol. The summed E-state index contributed by atoms with van der Waals surface area (Å²) in [6, 6.07) is 63.9. The topological polar surface area (TPSA) is 0 Å². The standard InChI is InChI=1S/C54H46.Na.H3P.H/c1-53(2,3)45-25-19-37(20-26-45)51-47-29-23-43(41-17-15-35-11-7-9-13-39(35)31-41)33-49(47)50-34-44(42-18-16-36-12-8-10-14-40(36)32-42)24-30-48(50)52(51)38-21-27-46(28-22-38)54(4,5)6;;;/h7-34H,1-6H3;;1H3;/q;+1;;-1/i;;;1+2. The summed E-state index contributed by atoms with van der Waals surface area (Å²) in [5, 5.41) is 10.1. The van der Waals surface area contributed by atoms with Crippen molar-refractivity contribution in [2.45, 2.75) is 52.4 Å². The maximum absolute atomic E-state index is 2.44. The zero-order chi connectivity index (χ0) is 37.2. The first kappa shape index (κ1) is 39.7. The second-order valence-corrected chi connectivity index (χ2v) is 17.0. The fourth-order valence-electron chi connectivity index (χ4n) is 8.21. The van der Waals surface area contributed by atoms with Crippen LogP contribution in [0.3, 0.4) is 0 Å². The molecule has 0 aromatic heterocycles. The van der Waals surface area contributed by atoms with E-state index in [0.717, 1.165) is 0 Å². The minimum atomic E-state index is 0. The minimum absolute atomic E-state index is 0. The average molecular weight is 755 g/mol. The molecule has 272 valence electrons. The van der Waals surface area contributed by atoms with Gasteiger partial charge in [0.25, 0.3) is 0 Å². The summed E-state index contributed by atoms with van der Waals surface area (Å²) in [4.78, 5) is 0. The minimum Gasteiger partial charge on any atom is -1.00 e. The van der Waals surface area contributed by atoms with Gasteiger partial charge in [-0.25, -0.2) is 0 Å². The van der Waals surface area contributed by atoms with E-state index in [1.54, 1.807) is 0 Å². The van der Waals surface area contributed by atoms with Gasteiger partial charge in [0.05, 0.1) is 0 Å². The third kappa shape index (κ3) is 7.38. The molecule has 9 rings (SSSR count). The Bertz CT molecular complexity index is 2680. The van der Waals surface area contributed by atoms with Crippen molar-refractivity contribution in [3.63, 3.8) is 0 Å². The van der Waals surface area contributed by atoms with Crippen LogP contribution < -0.4 is 29.6 Å². The molecule has 0 aliphatic rings. The van der Waals surface area contributed by atoms with Gasteiger partial charge < -0.3 is 1.43 Å². The SMILES string of the molecule is CC(C)(C)c1ccc(-c2c(-c3ccc(C(C)(C)C)cc3)c3ccc(-c4ccc5ccccc5c4)cc3c3cc(-c4ccc5ccccc5c4)ccc23)cc1.P.[3H-].[Na+]. The van der Waals surface area contributed by atoms with Crippen LogP contribution in [0.5, 0.6) is 0 Å². The van der Waals surface area contributed by atoms with Crippen molar-refractivity contribution in [1.29, 1.82) is 0 Å². The Morgan fingerprint density at radius 3 is 0.964 bits per heavy atom. The molecule has 0 aliphatic carbocycles. The molecule has 0 spiro atoms. The normalized spacial score (nSPS) is 11.8. The first-order valence-corrected chi connectivity index (χ1v) is 19.2. The smallest absolute Gasteiger partial charge is 1.00 e. The van der Waals surface area contributed by atoms with Crippen molar-refractivity contribution >= 4 is 53.0 Å². The van der Waals surface area contributed by atoms with Gasteiger partial charge in [-0.2, -0.15) is 9.90 Å². The van der Waals surface area contributed by atoms with E-state index in [1.807, 2.05) is 0 Å². The largest absolute Gasteiger partial charge is 1.00 e. The Hall–Kier alpha value is -4.55. The van der Waals surface area contributed by atoms with E-state index in [9.17, 15) is 0 Å². The van der Waals surface area contributed by atoms with E-state index in [0.29, 0.717) is 0 Å². The first-order chi connectivity index (χ1) is 26.0. The van der Waals surface area contributed by atoms with Crippen LogP contribution in [0.25, 0.3) is 87.6 Å². The predicted octanol–water partition coefficient (Wildman–Crippen LogP) is 12.7. The number of hydrogen-bond acceptors (Lipinski definition) is 0. The summed E-state index contributed by atoms with van der Waals surface area (Å²) in [6.45, 7) is 13.7. The average Bonchev–Trinajstić information content (AvgIpc) is 3.19. The van der Waals surface area contributed by atoms with Crippen LogP contribution in [0.2, 0.25) is 0 Å². The molecule has 0 bridgehead atoms. The fraction of sp³-hybridized carbons (Fsp3) is 0.148. The molecule has 0 saturated carbocycles. The van der Waals surface area contributed by atoms with Gasteiger partial charge in [0.15, 0.2) is 0 Å². The molecule has 0 N–H and O–H groups in total. The van der Waals surface area contributed by atoms with Gasteiger partial charge in [-0.15, -0.1) is 0 Å². The van der Waals surface area contributed by atoms with Crippen molar-refractivity contribution in [3.05, 3.63) is 181 Å². The maximum Gasteiger partial charge on any atom is 1.00 e. The van der Waals surface area contributed by atoms with Gasteiger partial charge in [0.1, 0.15) is 0 Å². The summed E-state index contributed by atoms with van der Waals surface area (Å²) in [5.41, 5.74) is 12.8. The van der Waals surface area contributed by atoms with Crippen molar-refractivity contribution < 1.29 is 31.0 Å². The molecule has 0 saturated heterocycles. The van der Waals surface area contributed by atoms with Crippen LogP contribution in [0.4, 0.5) is 0 Å². The summed E-state index contributed by atoms with van der Waals surface area (Å²) < 4.78 is 0. The Labute approximate surface area is 359 Å². The summed E-state index contributed by atoms with van der Waals surface area (Å²) in [6.07, 6.45) is 0. The van der Waals surface area contributed by atoms with Gasteiger partial charge in [-0.05, 0) is 134 Å². The Balaban J connectivity index is 0.00000183. The van der Waals surface area contributed by atoms with Crippen LogP contribution in [0, 0.1) is 0 Å². The molecule has 56 heavy (non-hydrogen) atoms. The summed E-state index contributed by atoms with van der Waals surface area (Å²) in [7, 11) is 0. The van der Waals surface area contributed by atoms with Crippen LogP contribution >= 0.6 is 9.90 Å². The van der Waals surface area contributed by atoms with Gasteiger partial charge in [0.2, 0.25) is 0 Å². The molecule has 2 heteroatoms. The van der Waals surface area contributed by atoms with E-state index in [4.69, 9.17) is 0 Å². The second-order valence-electron chi connectivity index (χ2n) is 17.0. The first-order valence-electron chi connectivity index (χ1n) is 19.2. The number of hydrogen-bond donors (Lipinski definition) is 0. The molecule has 0 aliphatic heterocycles. The van der Waals surface area contributed by atoms with Crippen molar-refractivity contribution in [3.8, 4) is 44.5 Å². The molecule has 1 unspecified atom stereocenters. The van der Waals surface area contributed by atoms with Crippen molar-refractivity contribution in [2.75, 3.05) is 0 Å². The maximum atomic E-state index is 2.44. The zero-order valence-corrected chi connectivity index (χ0v) is 37.3. The van der Waals surface area contributed by atoms with Crippen molar-refractivity contribution in [2.24, 2.45) is 0 Å². The zero-order valence-electron chi connectivity index (χ0n) is 34.9. The van der Waals surface area contributed by atoms with E-state index in [1.165, 1.54) is 98.7 Å². The Kier molecular flexibility index (Phi) is 10.9. The van der Waals surface area contributed by atoms with Gasteiger partial charge in [-0.1, -0.05) is 187 Å². The van der Waals surface area contributed by atoms with Crippen molar-refractivity contribution in [1.82, 2.24) is 0 Å². The fourth-order valence-corrected chi connectivity index (χ4v) is 8.21. The molecule has 9 aromatic rings. The summed E-state index contributed by atoms with van der Waals surface area (Å²) >= 11 is 0. The number of fused-ring (bicyclic) bond motifs is 5. The van der Waals surface area contributed by atoms with E-state index < -0.39 is 0 Å².